The third-order valence-corrected chi connectivity index (χ3v) is 5.43. The average molecular weight is 266 g/mol. The zero-order valence-electron chi connectivity index (χ0n) is 11.8. The van der Waals surface area contributed by atoms with E-state index in [0.29, 0.717) is 24.5 Å². The summed E-state index contributed by atoms with van der Waals surface area (Å²) in [5.41, 5.74) is -0.660. The topological polar surface area (TPSA) is 61.4 Å². The summed E-state index contributed by atoms with van der Waals surface area (Å²) in [6, 6.07) is 0.936. The maximum atomic E-state index is 12.2. The second-order valence-corrected chi connectivity index (χ2v) is 7.01. The number of carbonyl (C=O) groups excluding carboxylic acids is 1. The first kappa shape index (κ1) is 13.4. The molecule has 3 rings (SSSR count). The van der Waals surface area contributed by atoms with Gasteiger partial charge in [0.25, 0.3) is 0 Å². The van der Waals surface area contributed by atoms with Crippen molar-refractivity contribution in [3.63, 3.8) is 0 Å². The Bertz CT molecular complexity index is 350. The molecule has 2 bridgehead atoms. The molecule has 108 valence electrons. The van der Waals surface area contributed by atoms with Gasteiger partial charge in [-0.15, -0.1) is 0 Å². The van der Waals surface area contributed by atoms with Gasteiger partial charge in [-0.1, -0.05) is 6.92 Å². The van der Waals surface area contributed by atoms with Crippen molar-refractivity contribution in [2.75, 3.05) is 6.54 Å². The molecular formula is C15H26N2O2. The van der Waals surface area contributed by atoms with E-state index in [2.05, 4.69) is 17.6 Å². The van der Waals surface area contributed by atoms with Crippen molar-refractivity contribution < 1.29 is 9.90 Å². The molecule has 3 aliphatic rings. The summed E-state index contributed by atoms with van der Waals surface area (Å²) in [5, 5.41) is 17.0. The van der Waals surface area contributed by atoms with Crippen molar-refractivity contribution in [1.29, 1.82) is 0 Å². The number of fused-ring (bicyclic) bond motifs is 2. The van der Waals surface area contributed by atoms with Crippen LogP contribution in [0, 0.1) is 11.8 Å². The molecule has 3 N–H and O–H groups in total. The second-order valence-electron chi connectivity index (χ2n) is 7.01. The van der Waals surface area contributed by atoms with Crippen LogP contribution in [0.4, 0.5) is 0 Å². The first-order chi connectivity index (χ1) is 9.06. The molecule has 3 atom stereocenters. The minimum absolute atomic E-state index is 0.130. The standard InChI is InChI=1S/C15H26N2O2/c1-10-4-6-15(19,7-5-10)9-16-14(18)12-8-11-2-3-13(12)17-11/h10-13,17,19H,2-9H2,1H3,(H,16,18). The summed E-state index contributed by atoms with van der Waals surface area (Å²) in [6.07, 6.45) is 7.11. The van der Waals surface area contributed by atoms with Crippen LogP contribution in [0.5, 0.6) is 0 Å². The predicted molar refractivity (Wildman–Crippen MR) is 73.6 cm³/mol. The molecule has 2 saturated heterocycles. The molecule has 3 unspecified atom stereocenters. The first-order valence-corrected chi connectivity index (χ1v) is 7.82. The number of nitrogens with one attached hydrogen (secondary N) is 2. The van der Waals surface area contributed by atoms with E-state index in [9.17, 15) is 9.90 Å². The molecule has 0 aromatic carbocycles. The van der Waals surface area contributed by atoms with Gasteiger partial charge >= 0.3 is 0 Å². The highest BCUT2D eigenvalue weighted by molar-refractivity contribution is 5.80. The van der Waals surface area contributed by atoms with Gasteiger partial charge in [0.05, 0.1) is 11.5 Å². The Kier molecular flexibility index (Phi) is 3.56. The highest BCUT2D eigenvalue weighted by atomic mass is 16.3. The van der Waals surface area contributed by atoms with Gasteiger partial charge in [0.15, 0.2) is 0 Å². The second kappa shape index (κ2) is 5.06. The fraction of sp³-hybridized carbons (Fsp3) is 0.933. The van der Waals surface area contributed by atoms with Gasteiger partial charge in [0.2, 0.25) is 5.91 Å². The van der Waals surface area contributed by atoms with E-state index in [4.69, 9.17) is 0 Å². The number of rotatable bonds is 3. The van der Waals surface area contributed by atoms with E-state index < -0.39 is 5.60 Å². The lowest BCUT2D eigenvalue weighted by Gasteiger charge is -2.35. The van der Waals surface area contributed by atoms with E-state index >= 15 is 0 Å². The van der Waals surface area contributed by atoms with E-state index in [1.807, 2.05) is 0 Å². The number of hydrogen-bond acceptors (Lipinski definition) is 3. The van der Waals surface area contributed by atoms with Crippen molar-refractivity contribution in [2.24, 2.45) is 11.8 Å². The van der Waals surface area contributed by atoms with Crippen molar-refractivity contribution in [3.8, 4) is 0 Å². The zero-order valence-corrected chi connectivity index (χ0v) is 11.8. The van der Waals surface area contributed by atoms with E-state index in [0.717, 1.165) is 38.5 Å². The third-order valence-electron chi connectivity index (χ3n) is 5.43. The highest BCUT2D eigenvalue weighted by Gasteiger charge is 2.43. The predicted octanol–water partition coefficient (Wildman–Crippen LogP) is 1.18. The summed E-state index contributed by atoms with van der Waals surface area (Å²) in [7, 11) is 0. The Hall–Kier alpha value is -0.610. The summed E-state index contributed by atoms with van der Waals surface area (Å²) < 4.78 is 0. The molecule has 0 spiro atoms. The Labute approximate surface area is 115 Å². The van der Waals surface area contributed by atoms with Gasteiger partial charge in [-0.05, 0) is 50.9 Å². The van der Waals surface area contributed by atoms with Crippen LogP contribution in [-0.2, 0) is 4.79 Å². The molecule has 4 nitrogen and oxygen atoms in total. The molecule has 1 aliphatic carbocycles. The van der Waals surface area contributed by atoms with Crippen LogP contribution < -0.4 is 10.6 Å². The number of amides is 1. The average Bonchev–Trinajstić information content (AvgIpc) is 3.02. The molecular weight excluding hydrogens is 240 g/mol. The zero-order chi connectivity index (χ0) is 13.5. The van der Waals surface area contributed by atoms with Crippen molar-refractivity contribution in [2.45, 2.75) is 69.6 Å². The monoisotopic (exact) mass is 266 g/mol. The number of aliphatic hydroxyl groups is 1. The fourth-order valence-corrected chi connectivity index (χ4v) is 3.97. The van der Waals surface area contributed by atoms with Gasteiger partial charge in [0, 0.05) is 18.6 Å². The lowest BCUT2D eigenvalue weighted by Crippen LogP contribution is -2.48. The molecule has 0 aromatic heterocycles. The van der Waals surface area contributed by atoms with Crippen molar-refractivity contribution >= 4 is 5.91 Å². The van der Waals surface area contributed by atoms with E-state index in [1.165, 1.54) is 6.42 Å². The molecule has 1 saturated carbocycles. The van der Waals surface area contributed by atoms with Crippen molar-refractivity contribution in [1.82, 2.24) is 10.6 Å². The Morgan fingerprint density at radius 1 is 1.32 bits per heavy atom. The molecule has 19 heavy (non-hydrogen) atoms. The number of carbonyl (C=O) groups is 1. The summed E-state index contributed by atoms with van der Waals surface area (Å²) in [6.45, 7) is 2.67. The molecule has 0 radical (unpaired) electrons. The quantitative estimate of drug-likeness (QED) is 0.719. The van der Waals surface area contributed by atoms with Crippen LogP contribution in [-0.4, -0.2) is 35.2 Å². The molecule has 3 fully saturated rings. The normalized spacial score (nSPS) is 45.4. The van der Waals surface area contributed by atoms with Gasteiger partial charge in [0.1, 0.15) is 0 Å². The third kappa shape index (κ3) is 2.79. The van der Waals surface area contributed by atoms with Crippen molar-refractivity contribution in [3.05, 3.63) is 0 Å². The molecule has 0 aromatic rings. The Morgan fingerprint density at radius 3 is 2.63 bits per heavy atom. The van der Waals surface area contributed by atoms with Gasteiger partial charge in [-0.25, -0.2) is 0 Å². The Balaban J connectivity index is 1.48. The molecule has 2 aliphatic heterocycles. The first-order valence-electron chi connectivity index (χ1n) is 7.82. The SMILES string of the molecule is CC1CCC(O)(CNC(=O)C2CC3CCC2N3)CC1. The maximum absolute atomic E-state index is 12.2. The van der Waals surface area contributed by atoms with Crippen LogP contribution in [0.25, 0.3) is 0 Å². The van der Waals surface area contributed by atoms with E-state index in [-0.39, 0.29) is 11.8 Å². The van der Waals surface area contributed by atoms with E-state index in [1.54, 1.807) is 0 Å². The van der Waals surface area contributed by atoms with Crippen LogP contribution in [0.3, 0.4) is 0 Å². The highest BCUT2D eigenvalue weighted by Crippen LogP contribution is 2.34. The lowest BCUT2D eigenvalue weighted by molar-refractivity contribution is -0.127. The van der Waals surface area contributed by atoms with Crippen LogP contribution in [0.2, 0.25) is 0 Å². The fourth-order valence-electron chi connectivity index (χ4n) is 3.97. The lowest BCUT2D eigenvalue weighted by atomic mass is 9.79. The molecule has 2 heterocycles. The van der Waals surface area contributed by atoms with Crippen LogP contribution >= 0.6 is 0 Å². The van der Waals surface area contributed by atoms with Gasteiger partial charge in [-0.2, -0.15) is 0 Å². The van der Waals surface area contributed by atoms with Crippen LogP contribution in [0.15, 0.2) is 0 Å². The maximum Gasteiger partial charge on any atom is 0.224 e. The largest absolute Gasteiger partial charge is 0.388 e. The summed E-state index contributed by atoms with van der Waals surface area (Å²) >= 11 is 0. The minimum Gasteiger partial charge on any atom is -0.388 e. The summed E-state index contributed by atoms with van der Waals surface area (Å²) in [5.74, 6) is 0.988. The van der Waals surface area contributed by atoms with Crippen LogP contribution in [0.1, 0.15) is 51.9 Å². The van der Waals surface area contributed by atoms with Gasteiger partial charge in [-0.3, -0.25) is 4.79 Å². The summed E-state index contributed by atoms with van der Waals surface area (Å²) in [4.78, 5) is 12.2. The smallest absolute Gasteiger partial charge is 0.224 e. The number of hydrogen-bond donors (Lipinski definition) is 3. The van der Waals surface area contributed by atoms with Gasteiger partial charge < -0.3 is 15.7 Å². The Morgan fingerprint density at radius 2 is 2.05 bits per heavy atom. The minimum atomic E-state index is -0.660. The molecule has 4 heteroatoms. The molecule has 1 amide bonds.